The second kappa shape index (κ2) is 11.1. The van der Waals surface area contributed by atoms with Crippen LogP contribution < -0.4 is 15.5 Å². The number of benzene rings is 4. The maximum atomic E-state index is 12.7. The molecule has 7 heteroatoms. The maximum Gasteiger partial charge on any atom is 0.343 e. The smallest absolute Gasteiger partial charge is 0.343 e. The molecule has 7 nitrogen and oxygen atoms in total. The van der Waals surface area contributed by atoms with Gasteiger partial charge in [0.1, 0.15) is 5.75 Å². The SMILES string of the molecule is Cc1ccc(C(=O)NCC(=O)N/N=C\c2c(OC(=O)c3ccc(C)cc3)ccc3ccccc23)cc1. The summed E-state index contributed by atoms with van der Waals surface area (Å²) >= 11 is 0. The molecule has 0 saturated heterocycles. The van der Waals surface area contributed by atoms with Crippen LogP contribution in [0, 0.1) is 13.8 Å². The molecule has 0 saturated carbocycles. The van der Waals surface area contributed by atoms with Gasteiger partial charge in [-0.25, -0.2) is 10.2 Å². The fraction of sp³-hybridized carbons (Fsp3) is 0.103. The number of amides is 2. The van der Waals surface area contributed by atoms with Crippen LogP contribution in [0.2, 0.25) is 0 Å². The van der Waals surface area contributed by atoms with Crippen LogP contribution in [-0.2, 0) is 4.79 Å². The molecule has 0 aliphatic rings. The first-order chi connectivity index (χ1) is 17.4. The van der Waals surface area contributed by atoms with Gasteiger partial charge in [0.2, 0.25) is 0 Å². The number of fused-ring (bicyclic) bond motifs is 1. The van der Waals surface area contributed by atoms with Crippen molar-refractivity contribution >= 4 is 34.8 Å². The van der Waals surface area contributed by atoms with Crippen molar-refractivity contribution in [2.45, 2.75) is 13.8 Å². The number of carbonyl (C=O) groups is 3. The van der Waals surface area contributed by atoms with E-state index in [2.05, 4.69) is 15.8 Å². The molecule has 0 radical (unpaired) electrons. The number of nitrogens with one attached hydrogen (secondary N) is 2. The Kier molecular flexibility index (Phi) is 7.51. The van der Waals surface area contributed by atoms with Crippen LogP contribution in [0.15, 0.2) is 90.0 Å². The van der Waals surface area contributed by atoms with Gasteiger partial charge in [-0.1, -0.05) is 65.7 Å². The third-order valence-corrected chi connectivity index (χ3v) is 5.53. The Morgan fingerprint density at radius 1 is 0.806 bits per heavy atom. The lowest BCUT2D eigenvalue weighted by Gasteiger charge is -2.11. The highest BCUT2D eigenvalue weighted by Crippen LogP contribution is 2.27. The number of nitrogens with zero attached hydrogens (tertiary/aromatic N) is 1. The topological polar surface area (TPSA) is 96.9 Å². The Morgan fingerprint density at radius 3 is 2.14 bits per heavy atom. The molecule has 2 N–H and O–H groups in total. The van der Waals surface area contributed by atoms with Crippen LogP contribution in [0.5, 0.6) is 5.75 Å². The van der Waals surface area contributed by atoms with Crippen molar-refractivity contribution in [2.24, 2.45) is 5.10 Å². The highest BCUT2D eigenvalue weighted by Gasteiger charge is 2.14. The van der Waals surface area contributed by atoms with Gasteiger partial charge in [0.05, 0.1) is 18.3 Å². The number of ether oxygens (including phenoxy) is 1. The molecule has 0 unspecified atom stereocenters. The molecule has 0 bridgehead atoms. The standard InChI is InChI=1S/C29H25N3O4/c1-19-7-11-22(12-8-19)28(34)30-18-27(33)32-31-17-25-24-6-4-3-5-21(24)15-16-26(25)36-29(35)23-13-9-20(2)10-14-23/h3-17H,18H2,1-2H3,(H,30,34)(H,32,33)/b31-17-. The molecule has 4 aromatic rings. The Balaban J connectivity index is 1.46. The van der Waals surface area contributed by atoms with E-state index in [-0.39, 0.29) is 12.5 Å². The fourth-order valence-electron chi connectivity index (χ4n) is 3.52. The number of hydrogen-bond acceptors (Lipinski definition) is 5. The van der Waals surface area contributed by atoms with Gasteiger partial charge in [0, 0.05) is 11.1 Å². The molecule has 0 aliphatic heterocycles. The molecule has 36 heavy (non-hydrogen) atoms. The first-order valence-corrected chi connectivity index (χ1v) is 11.4. The van der Waals surface area contributed by atoms with Gasteiger partial charge in [-0.3, -0.25) is 9.59 Å². The van der Waals surface area contributed by atoms with E-state index in [1.54, 1.807) is 30.3 Å². The van der Waals surface area contributed by atoms with Gasteiger partial charge in [-0.15, -0.1) is 0 Å². The molecule has 2 amide bonds. The number of hydrazone groups is 1. The van der Waals surface area contributed by atoms with Gasteiger partial charge in [0.25, 0.3) is 11.8 Å². The Hall–Kier alpha value is -4.78. The molecule has 0 aromatic heterocycles. The van der Waals surface area contributed by atoms with E-state index < -0.39 is 11.9 Å². The second-order valence-electron chi connectivity index (χ2n) is 8.30. The van der Waals surface area contributed by atoms with Crippen molar-refractivity contribution in [1.82, 2.24) is 10.7 Å². The van der Waals surface area contributed by atoms with E-state index in [0.717, 1.165) is 21.9 Å². The zero-order valence-corrected chi connectivity index (χ0v) is 19.9. The first-order valence-electron chi connectivity index (χ1n) is 11.4. The minimum atomic E-state index is -0.497. The average molecular weight is 480 g/mol. The predicted molar refractivity (Wildman–Crippen MR) is 139 cm³/mol. The molecule has 0 atom stereocenters. The van der Waals surface area contributed by atoms with Crippen LogP contribution in [0.1, 0.15) is 37.4 Å². The van der Waals surface area contributed by atoms with E-state index in [4.69, 9.17) is 4.74 Å². The van der Waals surface area contributed by atoms with Gasteiger partial charge < -0.3 is 10.1 Å². The lowest BCUT2D eigenvalue weighted by atomic mass is 10.0. The Labute approximate surface area is 208 Å². The monoisotopic (exact) mass is 479 g/mol. The second-order valence-corrected chi connectivity index (χ2v) is 8.30. The summed E-state index contributed by atoms with van der Waals surface area (Å²) in [5.41, 5.74) is 5.91. The molecule has 0 aliphatic carbocycles. The van der Waals surface area contributed by atoms with Crippen LogP contribution in [0.25, 0.3) is 10.8 Å². The van der Waals surface area contributed by atoms with Gasteiger partial charge in [0.15, 0.2) is 0 Å². The highest BCUT2D eigenvalue weighted by atomic mass is 16.5. The minimum Gasteiger partial charge on any atom is -0.422 e. The number of esters is 1. The Morgan fingerprint density at radius 2 is 1.44 bits per heavy atom. The molecule has 4 aromatic carbocycles. The van der Waals surface area contributed by atoms with Crippen molar-refractivity contribution < 1.29 is 19.1 Å². The summed E-state index contributed by atoms with van der Waals surface area (Å²) in [6, 6.07) is 25.3. The molecular weight excluding hydrogens is 454 g/mol. The van der Waals surface area contributed by atoms with E-state index in [1.165, 1.54) is 6.21 Å². The van der Waals surface area contributed by atoms with Crippen molar-refractivity contribution in [3.63, 3.8) is 0 Å². The summed E-state index contributed by atoms with van der Waals surface area (Å²) in [6.07, 6.45) is 1.43. The fourth-order valence-corrected chi connectivity index (χ4v) is 3.52. The quantitative estimate of drug-likeness (QED) is 0.176. The van der Waals surface area contributed by atoms with Gasteiger partial charge >= 0.3 is 5.97 Å². The first kappa shape index (κ1) is 24.3. The van der Waals surface area contributed by atoms with Crippen LogP contribution >= 0.6 is 0 Å². The van der Waals surface area contributed by atoms with Crippen molar-refractivity contribution in [3.05, 3.63) is 113 Å². The van der Waals surface area contributed by atoms with E-state index in [0.29, 0.717) is 22.4 Å². The summed E-state index contributed by atoms with van der Waals surface area (Å²) in [5, 5.41) is 8.33. The normalized spacial score (nSPS) is 10.8. The lowest BCUT2D eigenvalue weighted by molar-refractivity contribution is -0.120. The molecule has 4 rings (SSSR count). The zero-order chi connectivity index (χ0) is 25.5. The highest BCUT2D eigenvalue weighted by molar-refractivity contribution is 6.04. The van der Waals surface area contributed by atoms with Crippen molar-refractivity contribution in [2.75, 3.05) is 6.54 Å². The number of aryl methyl sites for hydroxylation is 2. The summed E-state index contributed by atoms with van der Waals surface area (Å²) in [4.78, 5) is 37.1. The van der Waals surface area contributed by atoms with Gasteiger partial charge in [-0.05, 0) is 55.0 Å². The summed E-state index contributed by atoms with van der Waals surface area (Å²) < 4.78 is 5.67. The molecule has 0 spiro atoms. The van der Waals surface area contributed by atoms with Crippen LogP contribution in [0.3, 0.4) is 0 Å². The number of carbonyl (C=O) groups excluding carboxylic acids is 3. The summed E-state index contributed by atoms with van der Waals surface area (Å²) in [6.45, 7) is 3.63. The van der Waals surface area contributed by atoms with Crippen LogP contribution in [-0.4, -0.2) is 30.5 Å². The third kappa shape index (κ3) is 6.01. The molecule has 0 fully saturated rings. The van der Waals surface area contributed by atoms with E-state index in [1.807, 2.05) is 68.4 Å². The van der Waals surface area contributed by atoms with Gasteiger partial charge in [-0.2, -0.15) is 5.10 Å². The predicted octanol–water partition coefficient (Wildman–Crippen LogP) is 4.56. The number of hydrogen-bond donors (Lipinski definition) is 2. The minimum absolute atomic E-state index is 0.241. The van der Waals surface area contributed by atoms with E-state index >= 15 is 0 Å². The molecule has 180 valence electrons. The molecule has 0 heterocycles. The summed E-state index contributed by atoms with van der Waals surface area (Å²) in [5.74, 6) is -1.04. The molecular formula is C29H25N3O4. The zero-order valence-electron chi connectivity index (χ0n) is 19.9. The van der Waals surface area contributed by atoms with Crippen LogP contribution in [0.4, 0.5) is 0 Å². The summed E-state index contributed by atoms with van der Waals surface area (Å²) in [7, 11) is 0. The Bertz CT molecular complexity index is 1440. The van der Waals surface area contributed by atoms with E-state index in [9.17, 15) is 14.4 Å². The third-order valence-electron chi connectivity index (χ3n) is 5.53. The van der Waals surface area contributed by atoms with Crippen molar-refractivity contribution in [1.29, 1.82) is 0 Å². The lowest BCUT2D eigenvalue weighted by Crippen LogP contribution is -2.34. The largest absolute Gasteiger partial charge is 0.422 e. The maximum absolute atomic E-state index is 12.7. The number of rotatable bonds is 7. The van der Waals surface area contributed by atoms with Crippen molar-refractivity contribution in [3.8, 4) is 5.75 Å². The average Bonchev–Trinajstić information content (AvgIpc) is 2.89.